The SMILES string of the molecule is CC(C)(CCC(C)(C)NCc1cccc(COc2ccc(CN)cc2)c1)NCc1cccc(COc2ccc(CN)cc2)c1. The second-order valence-corrected chi connectivity index (χ2v) is 12.9. The summed E-state index contributed by atoms with van der Waals surface area (Å²) in [4.78, 5) is 0. The van der Waals surface area contributed by atoms with Gasteiger partial charge < -0.3 is 31.6 Å². The van der Waals surface area contributed by atoms with Gasteiger partial charge in [-0.25, -0.2) is 0 Å². The van der Waals surface area contributed by atoms with Gasteiger partial charge in [0, 0.05) is 37.3 Å². The molecule has 0 atom stereocenters. The Morgan fingerprint density at radius 1 is 0.500 bits per heavy atom. The maximum Gasteiger partial charge on any atom is 0.119 e. The fraction of sp³-hybridized carbons (Fsp3) is 0.368. The minimum Gasteiger partial charge on any atom is -0.489 e. The van der Waals surface area contributed by atoms with E-state index >= 15 is 0 Å². The third-order valence-electron chi connectivity index (χ3n) is 8.03. The van der Waals surface area contributed by atoms with E-state index in [4.69, 9.17) is 20.9 Å². The van der Waals surface area contributed by atoms with E-state index in [1.807, 2.05) is 48.5 Å². The zero-order valence-electron chi connectivity index (χ0n) is 26.9. The van der Waals surface area contributed by atoms with E-state index in [0.717, 1.165) is 59.7 Å². The van der Waals surface area contributed by atoms with Gasteiger partial charge in [0.1, 0.15) is 24.7 Å². The highest BCUT2D eigenvalue weighted by atomic mass is 16.5. The van der Waals surface area contributed by atoms with Crippen LogP contribution in [0.3, 0.4) is 0 Å². The van der Waals surface area contributed by atoms with Gasteiger partial charge in [-0.3, -0.25) is 0 Å². The Hall–Kier alpha value is -3.68. The molecule has 4 aromatic carbocycles. The van der Waals surface area contributed by atoms with Crippen LogP contribution in [-0.2, 0) is 39.4 Å². The van der Waals surface area contributed by atoms with Crippen LogP contribution in [0, 0.1) is 0 Å². The summed E-state index contributed by atoms with van der Waals surface area (Å²) in [6, 6.07) is 33.2. The Bertz CT molecular complexity index is 1320. The highest BCUT2D eigenvalue weighted by Crippen LogP contribution is 2.22. The molecule has 0 heterocycles. The molecule has 0 aromatic heterocycles. The quantitative estimate of drug-likeness (QED) is 0.105. The summed E-state index contributed by atoms with van der Waals surface area (Å²) in [5.41, 5.74) is 18.4. The summed E-state index contributed by atoms with van der Waals surface area (Å²) in [6.45, 7) is 12.9. The fourth-order valence-corrected chi connectivity index (χ4v) is 4.92. The second-order valence-electron chi connectivity index (χ2n) is 12.9. The van der Waals surface area contributed by atoms with Gasteiger partial charge in [0.05, 0.1) is 0 Å². The van der Waals surface area contributed by atoms with Gasteiger partial charge in [-0.1, -0.05) is 72.8 Å². The maximum atomic E-state index is 5.99. The molecule has 0 saturated carbocycles. The molecule has 0 amide bonds. The summed E-state index contributed by atoms with van der Waals surface area (Å²) in [6.07, 6.45) is 2.09. The first-order valence-electron chi connectivity index (χ1n) is 15.6. The highest BCUT2D eigenvalue weighted by Gasteiger charge is 2.24. The van der Waals surface area contributed by atoms with E-state index in [2.05, 4.69) is 86.9 Å². The molecule has 0 aliphatic rings. The number of nitrogens with two attached hydrogens (primary N) is 2. The molecule has 4 rings (SSSR count). The molecule has 0 spiro atoms. The van der Waals surface area contributed by atoms with Crippen molar-refractivity contribution in [2.45, 2.75) is 91.0 Å². The lowest BCUT2D eigenvalue weighted by molar-refractivity contribution is 0.279. The lowest BCUT2D eigenvalue weighted by Gasteiger charge is -2.33. The Kier molecular flexibility index (Phi) is 12.0. The van der Waals surface area contributed by atoms with Gasteiger partial charge in [-0.2, -0.15) is 0 Å². The van der Waals surface area contributed by atoms with Crippen LogP contribution in [0.2, 0.25) is 0 Å². The normalized spacial score (nSPS) is 11.9. The minimum atomic E-state index is -0.00416. The third kappa shape index (κ3) is 11.1. The first-order valence-corrected chi connectivity index (χ1v) is 15.6. The fourth-order valence-electron chi connectivity index (χ4n) is 4.92. The number of hydrogen-bond donors (Lipinski definition) is 4. The van der Waals surface area contributed by atoms with Crippen LogP contribution in [-0.4, -0.2) is 11.1 Å². The molecule has 6 heteroatoms. The zero-order chi connectivity index (χ0) is 31.4. The van der Waals surface area contributed by atoms with Gasteiger partial charge in [-0.15, -0.1) is 0 Å². The van der Waals surface area contributed by atoms with Crippen molar-refractivity contribution < 1.29 is 9.47 Å². The molecule has 0 aliphatic heterocycles. The summed E-state index contributed by atoms with van der Waals surface area (Å²) >= 11 is 0. The van der Waals surface area contributed by atoms with Crippen LogP contribution in [0.5, 0.6) is 11.5 Å². The molecule has 44 heavy (non-hydrogen) atoms. The first-order chi connectivity index (χ1) is 21.1. The van der Waals surface area contributed by atoms with Crippen molar-refractivity contribution in [2.75, 3.05) is 0 Å². The van der Waals surface area contributed by atoms with E-state index in [1.54, 1.807) is 0 Å². The molecule has 0 saturated heterocycles. The zero-order valence-corrected chi connectivity index (χ0v) is 26.9. The van der Waals surface area contributed by atoms with Crippen molar-refractivity contribution in [3.63, 3.8) is 0 Å². The Morgan fingerprint density at radius 2 is 0.864 bits per heavy atom. The molecule has 0 aliphatic carbocycles. The van der Waals surface area contributed by atoms with Crippen molar-refractivity contribution in [2.24, 2.45) is 11.5 Å². The number of rotatable bonds is 17. The van der Waals surface area contributed by atoms with Crippen LogP contribution >= 0.6 is 0 Å². The molecule has 234 valence electrons. The predicted molar refractivity (Wildman–Crippen MR) is 181 cm³/mol. The summed E-state index contributed by atoms with van der Waals surface area (Å²) < 4.78 is 12.0. The number of nitrogens with one attached hydrogen (secondary N) is 2. The average molecular weight is 595 g/mol. The van der Waals surface area contributed by atoms with Crippen molar-refractivity contribution in [3.05, 3.63) is 130 Å². The molecule has 0 bridgehead atoms. The van der Waals surface area contributed by atoms with Crippen LogP contribution in [0.15, 0.2) is 97.1 Å². The highest BCUT2D eigenvalue weighted by molar-refractivity contribution is 5.30. The van der Waals surface area contributed by atoms with Crippen LogP contribution < -0.4 is 31.6 Å². The van der Waals surface area contributed by atoms with Crippen molar-refractivity contribution in [1.29, 1.82) is 0 Å². The van der Waals surface area contributed by atoms with Crippen LogP contribution in [0.1, 0.15) is 73.9 Å². The Labute approximate surface area is 264 Å². The molecule has 0 radical (unpaired) electrons. The van der Waals surface area contributed by atoms with Gasteiger partial charge in [0.15, 0.2) is 0 Å². The van der Waals surface area contributed by atoms with Crippen molar-refractivity contribution in [3.8, 4) is 11.5 Å². The van der Waals surface area contributed by atoms with Crippen LogP contribution in [0.4, 0.5) is 0 Å². The van der Waals surface area contributed by atoms with E-state index in [0.29, 0.717) is 26.3 Å². The van der Waals surface area contributed by atoms with Crippen LogP contribution in [0.25, 0.3) is 0 Å². The Morgan fingerprint density at radius 3 is 1.23 bits per heavy atom. The van der Waals surface area contributed by atoms with Crippen molar-refractivity contribution in [1.82, 2.24) is 10.6 Å². The topological polar surface area (TPSA) is 94.6 Å². The number of benzene rings is 4. The van der Waals surface area contributed by atoms with E-state index in [-0.39, 0.29) is 11.1 Å². The molecular formula is C38H50N4O2. The van der Waals surface area contributed by atoms with E-state index < -0.39 is 0 Å². The summed E-state index contributed by atoms with van der Waals surface area (Å²) in [5, 5.41) is 7.55. The largest absolute Gasteiger partial charge is 0.489 e. The first kappa shape index (κ1) is 33.2. The molecule has 6 nitrogen and oxygen atoms in total. The van der Waals surface area contributed by atoms with E-state index in [9.17, 15) is 0 Å². The number of hydrogen-bond acceptors (Lipinski definition) is 6. The molecule has 0 fully saturated rings. The van der Waals surface area contributed by atoms with Gasteiger partial charge in [0.2, 0.25) is 0 Å². The maximum absolute atomic E-state index is 5.99. The standard InChI is InChI=1S/C38H50N4O2/c1-37(2,41-25-31-7-5-9-33(21-31)27-43-35-15-11-29(23-39)12-16-35)19-20-38(3,4)42-26-32-8-6-10-34(22-32)28-44-36-17-13-30(24-40)14-18-36/h5-18,21-22,41-42H,19-20,23-28,39-40H2,1-4H3. The molecule has 0 unspecified atom stereocenters. The monoisotopic (exact) mass is 594 g/mol. The van der Waals surface area contributed by atoms with Crippen molar-refractivity contribution >= 4 is 0 Å². The van der Waals surface area contributed by atoms with Gasteiger partial charge >= 0.3 is 0 Å². The predicted octanol–water partition coefficient (Wildman–Crippen LogP) is 6.98. The Balaban J connectivity index is 1.20. The molecular weight excluding hydrogens is 544 g/mol. The second kappa shape index (κ2) is 15.9. The smallest absolute Gasteiger partial charge is 0.119 e. The number of ether oxygens (including phenoxy) is 2. The lowest BCUT2D eigenvalue weighted by atomic mass is 9.89. The average Bonchev–Trinajstić information content (AvgIpc) is 3.05. The van der Waals surface area contributed by atoms with E-state index in [1.165, 1.54) is 11.1 Å². The molecule has 6 N–H and O–H groups in total. The van der Waals surface area contributed by atoms with Gasteiger partial charge in [-0.05, 0) is 98.2 Å². The minimum absolute atomic E-state index is 0.00416. The lowest BCUT2D eigenvalue weighted by Crippen LogP contribution is -2.44. The summed E-state index contributed by atoms with van der Waals surface area (Å²) in [7, 11) is 0. The molecule has 4 aromatic rings. The third-order valence-corrected chi connectivity index (χ3v) is 8.03. The summed E-state index contributed by atoms with van der Waals surface area (Å²) in [5.74, 6) is 1.71. The van der Waals surface area contributed by atoms with Gasteiger partial charge in [0.25, 0.3) is 0 Å².